The molecule has 49 heavy (non-hydrogen) atoms. The molecule has 8 aromatic carbocycles. The lowest BCUT2D eigenvalue weighted by atomic mass is 10.0. The fraction of sp³-hybridized carbons (Fsp3) is 0. The van der Waals surface area contributed by atoms with Crippen LogP contribution in [-0.4, -0.2) is 4.57 Å². The van der Waals surface area contributed by atoms with E-state index in [1.807, 2.05) is 11.3 Å². The Balaban J connectivity index is 1.29. The Kier molecular flexibility index (Phi) is 6.39. The predicted octanol–water partition coefficient (Wildman–Crippen LogP) is 13.4. The van der Waals surface area contributed by atoms with Gasteiger partial charge in [0.05, 0.1) is 21.4 Å². The molecule has 10 aromatic rings. The highest BCUT2D eigenvalue weighted by atomic mass is 32.1. The molecule has 0 aliphatic heterocycles. The zero-order valence-corrected chi connectivity index (χ0v) is 27.4. The van der Waals surface area contributed by atoms with Crippen LogP contribution >= 0.6 is 11.3 Å². The number of hydrogen-bond donors (Lipinski definition) is 0. The standard InChI is InChI=1S/C46H30N2S/c1-3-13-31(14-4-1)33-16-11-19-35(29-33)47(42-23-12-22-41-39-21-9-10-24-44(39)49-46(41)42)36-26-28-38-40-27-25-32-15-7-8-20-37(32)45(40)48(43(38)30-36)34-17-5-2-6-18-34/h1-30H. The number of anilines is 3. The van der Waals surface area contributed by atoms with Crippen molar-refractivity contribution in [2.24, 2.45) is 0 Å². The van der Waals surface area contributed by atoms with Gasteiger partial charge in [0.1, 0.15) is 0 Å². The van der Waals surface area contributed by atoms with Gasteiger partial charge >= 0.3 is 0 Å². The highest BCUT2D eigenvalue weighted by Gasteiger charge is 2.21. The maximum Gasteiger partial charge on any atom is 0.0640 e. The van der Waals surface area contributed by atoms with Crippen molar-refractivity contribution in [3.8, 4) is 16.8 Å². The highest BCUT2D eigenvalue weighted by Crippen LogP contribution is 2.47. The molecule has 0 bridgehead atoms. The lowest BCUT2D eigenvalue weighted by Gasteiger charge is -2.27. The predicted molar refractivity (Wildman–Crippen MR) is 211 cm³/mol. The number of thiophene rings is 1. The maximum atomic E-state index is 2.45. The van der Waals surface area contributed by atoms with Gasteiger partial charge < -0.3 is 9.47 Å². The molecular weight excluding hydrogens is 613 g/mol. The quantitative estimate of drug-likeness (QED) is 0.181. The van der Waals surface area contributed by atoms with Crippen LogP contribution in [0.5, 0.6) is 0 Å². The fourth-order valence-corrected chi connectivity index (χ4v) is 8.75. The summed E-state index contributed by atoms with van der Waals surface area (Å²) in [6.45, 7) is 0. The van der Waals surface area contributed by atoms with Gasteiger partial charge in [-0.05, 0) is 65.0 Å². The third-order valence-corrected chi connectivity index (χ3v) is 11.0. The molecule has 2 heterocycles. The van der Waals surface area contributed by atoms with E-state index < -0.39 is 0 Å². The van der Waals surface area contributed by atoms with Gasteiger partial charge in [-0.3, -0.25) is 0 Å². The molecule has 0 saturated carbocycles. The summed E-state index contributed by atoms with van der Waals surface area (Å²) in [5, 5.41) is 7.58. The third kappa shape index (κ3) is 4.47. The third-order valence-electron chi connectivity index (χ3n) is 9.75. The van der Waals surface area contributed by atoms with Crippen molar-refractivity contribution in [1.82, 2.24) is 4.57 Å². The van der Waals surface area contributed by atoms with Crippen molar-refractivity contribution in [2.45, 2.75) is 0 Å². The molecule has 0 amide bonds. The molecule has 0 N–H and O–H groups in total. The first-order chi connectivity index (χ1) is 24.3. The van der Waals surface area contributed by atoms with Crippen LogP contribution in [0.3, 0.4) is 0 Å². The van der Waals surface area contributed by atoms with Crippen LogP contribution in [0, 0.1) is 0 Å². The molecule has 0 spiro atoms. The minimum atomic E-state index is 1.12. The normalized spacial score (nSPS) is 11.7. The first-order valence-electron chi connectivity index (χ1n) is 16.7. The Bertz CT molecular complexity index is 2830. The smallest absolute Gasteiger partial charge is 0.0640 e. The first-order valence-corrected chi connectivity index (χ1v) is 17.5. The van der Waals surface area contributed by atoms with Crippen molar-refractivity contribution in [3.05, 3.63) is 182 Å². The second-order valence-electron chi connectivity index (χ2n) is 12.6. The zero-order valence-electron chi connectivity index (χ0n) is 26.6. The van der Waals surface area contributed by atoms with Crippen LogP contribution in [0.25, 0.3) is 69.6 Å². The van der Waals surface area contributed by atoms with E-state index in [4.69, 9.17) is 0 Å². The maximum absolute atomic E-state index is 2.45. The zero-order chi connectivity index (χ0) is 32.3. The van der Waals surface area contributed by atoms with E-state index in [2.05, 4.69) is 191 Å². The van der Waals surface area contributed by atoms with E-state index in [1.165, 1.54) is 69.6 Å². The minimum Gasteiger partial charge on any atom is -0.309 e. The molecule has 10 rings (SSSR count). The minimum absolute atomic E-state index is 1.12. The van der Waals surface area contributed by atoms with Gasteiger partial charge in [-0.1, -0.05) is 133 Å². The lowest BCUT2D eigenvalue weighted by Crippen LogP contribution is -2.10. The molecule has 0 fully saturated rings. The number of benzene rings is 8. The van der Waals surface area contributed by atoms with E-state index in [9.17, 15) is 0 Å². The van der Waals surface area contributed by atoms with Crippen molar-refractivity contribution < 1.29 is 0 Å². The van der Waals surface area contributed by atoms with Crippen molar-refractivity contribution in [1.29, 1.82) is 0 Å². The van der Waals surface area contributed by atoms with E-state index in [0.29, 0.717) is 0 Å². The van der Waals surface area contributed by atoms with E-state index in [0.717, 1.165) is 17.1 Å². The number of para-hydroxylation sites is 1. The molecule has 0 aliphatic carbocycles. The summed E-state index contributed by atoms with van der Waals surface area (Å²) in [5.41, 5.74) is 9.39. The van der Waals surface area contributed by atoms with Crippen LogP contribution in [0.4, 0.5) is 17.1 Å². The van der Waals surface area contributed by atoms with Crippen LogP contribution in [0.1, 0.15) is 0 Å². The molecule has 2 nitrogen and oxygen atoms in total. The summed E-state index contributed by atoms with van der Waals surface area (Å²) in [6.07, 6.45) is 0. The second kappa shape index (κ2) is 11.2. The molecule has 0 unspecified atom stereocenters. The van der Waals surface area contributed by atoms with Crippen molar-refractivity contribution in [3.63, 3.8) is 0 Å². The first kappa shape index (κ1) is 27.9. The second-order valence-corrected chi connectivity index (χ2v) is 13.6. The molecule has 3 heteroatoms. The molecule has 230 valence electrons. The summed E-state index contributed by atoms with van der Waals surface area (Å²) in [7, 11) is 0. The van der Waals surface area contributed by atoms with Gasteiger partial charge in [0.25, 0.3) is 0 Å². The summed E-state index contributed by atoms with van der Waals surface area (Å²) in [6, 6.07) is 66.2. The molecular formula is C46H30N2S. The molecule has 0 atom stereocenters. The summed E-state index contributed by atoms with van der Waals surface area (Å²) < 4.78 is 5.03. The average Bonchev–Trinajstić information content (AvgIpc) is 3.72. The molecule has 0 radical (unpaired) electrons. The number of rotatable bonds is 5. The largest absolute Gasteiger partial charge is 0.309 e. The van der Waals surface area contributed by atoms with Crippen LogP contribution in [0.2, 0.25) is 0 Å². The molecule has 2 aromatic heterocycles. The van der Waals surface area contributed by atoms with Crippen LogP contribution < -0.4 is 4.90 Å². The number of aromatic nitrogens is 1. The fourth-order valence-electron chi connectivity index (χ4n) is 7.54. The van der Waals surface area contributed by atoms with Gasteiger partial charge in [-0.25, -0.2) is 0 Å². The summed E-state index contributed by atoms with van der Waals surface area (Å²) >= 11 is 1.87. The highest BCUT2D eigenvalue weighted by molar-refractivity contribution is 7.26. The van der Waals surface area contributed by atoms with Gasteiger partial charge in [-0.2, -0.15) is 0 Å². The number of nitrogens with zero attached hydrogens (tertiary/aromatic N) is 2. The Morgan fingerprint density at radius 2 is 1.10 bits per heavy atom. The Labute approximate surface area is 288 Å². The van der Waals surface area contributed by atoms with Gasteiger partial charge in [0.15, 0.2) is 0 Å². The van der Waals surface area contributed by atoms with Crippen LogP contribution in [0.15, 0.2) is 182 Å². The van der Waals surface area contributed by atoms with Gasteiger partial charge in [0.2, 0.25) is 0 Å². The number of fused-ring (bicyclic) bond motifs is 8. The van der Waals surface area contributed by atoms with Gasteiger partial charge in [-0.15, -0.1) is 11.3 Å². The summed E-state index contributed by atoms with van der Waals surface area (Å²) in [5.74, 6) is 0. The monoisotopic (exact) mass is 642 g/mol. The van der Waals surface area contributed by atoms with E-state index >= 15 is 0 Å². The Morgan fingerprint density at radius 3 is 1.98 bits per heavy atom. The Morgan fingerprint density at radius 1 is 0.429 bits per heavy atom. The topological polar surface area (TPSA) is 8.17 Å². The van der Waals surface area contributed by atoms with Crippen LogP contribution in [-0.2, 0) is 0 Å². The van der Waals surface area contributed by atoms with Crippen molar-refractivity contribution in [2.75, 3.05) is 4.90 Å². The van der Waals surface area contributed by atoms with Crippen molar-refractivity contribution >= 4 is 81.1 Å². The number of hydrogen-bond acceptors (Lipinski definition) is 2. The molecule has 0 saturated heterocycles. The van der Waals surface area contributed by atoms with Gasteiger partial charge in [0, 0.05) is 48.7 Å². The van der Waals surface area contributed by atoms with E-state index in [1.54, 1.807) is 0 Å². The Hall–Kier alpha value is -6.16. The molecule has 0 aliphatic rings. The summed E-state index contributed by atoms with van der Waals surface area (Å²) in [4.78, 5) is 2.45. The lowest BCUT2D eigenvalue weighted by molar-refractivity contribution is 1.18. The SMILES string of the molecule is c1ccc(-c2cccc(N(c3ccc4c5ccc6ccccc6c5n(-c5ccccc5)c4c3)c3cccc4c3sc3ccccc34)c2)cc1. The average molecular weight is 643 g/mol. The van der Waals surface area contributed by atoms with E-state index in [-0.39, 0.29) is 0 Å².